The molecular weight excluding hydrogens is 114 g/mol. The van der Waals surface area contributed by atoms with Crippen molar-refractivity contribution in [3.63, 3.8) is 0 Å². The van der Waals surface area contributed by atoms with Gasteiger partial charge in [-0.1, -0.05) is 6.07 Å². The van der Waals surface area contributed by atoms with Gasteiger partial charge in [-0.05, 0) is 6.07 Å². The van der Waals surface area contributed by atoms with Crippen LogP contribution in [0.15, 0.2) is 22.9 Å². The molecule has 2 nitrogen and oxygen atoms in total. The van der Waals surface area contributed by atoms with Gasteiger partial charge in [0.25, 0.3) is 0 Å². The topological polar surface area (TPSA) is 26.0 Å². The Morgan fingerprint density at radius 2 is 2.22 bits per heavy atom. The SMILES string of the molecule is [c]1cc[c]c2ocnc12. The van der Waals surface area contributed by atoms with E-state index in [-0.39, 0.29) is 0 Å². The fourth-order valence-electron chi connectivity index (χ4n) is 0.689. The number of benzene rings is 1. The van der Waals surface area contributed by atoms with Gasteiger partial charge >= 0.3 is 0 Å². The molecule has 0 bridgehead atoms. The summed E-state index contributed by atoms with van der Waals surface area (Å²) in [4.78, 5) is 3.87. The number of rotatable bonds is 0. The number of aromatic nitrogens is 1. The van der Waals surface area contributed by atoms with Crippen molar-refractivity contribution in [3.8, 4) is 0 Å². The van der Waals surface area contributed by atoms with Crippen molar-refractivity contribution in [2.75, 3.05) is 0 Å². The van der Waals surface area contributed by atoms with E-state index in [1.54, 1.807) is 12.1 Å². The van der Waals surface area contributed by atoms with Crippen LogP contribution in [0.25, 0.3) is 11.1 Å². The third-order valence-corrected chi connectivity index (χ3v) is 1.09. The second-order valence-corrected chi connectivity index (χ2v) is 1.65. The third kappa shape index (κ3) is 0.598. The minimum Gasteiger partial charge on any atom is -0.443 e. The number of hydrogen-bond acceptors (Lipinski definition) is 2. The minimum atomic E-state index is 0.664. The van der Waals surface area contributed by atoms with Gasteiger partial charge in [-0.3, -0.25) is 0 Å². The predicted molar refractivity (Wildman–Crippen MR) is 31.7 cm³/mol. The lowest BCUT2D eigenvalue weighted by Gasteiger charge is -1.77. The lowest BCUT2D eigenvalue weighted by Crippen LogP contribution is -1.63. The van der Waals surface area contributed by atoms with Gasteiger partial charge in [0.1, 0.15) is 5.52 Å². The molecule has 2 rings (SSSR count). The molecule has 0 aliphatic carbocycles. The Hall–Kier alpha value is -1.31. The number of fused-ring (bicyclic) bond motifs is 1. The molecule has 1 heterocycles. The van der Waals surface area contributed by atoms with Crippen molar-refractivity contribution in [3.05, 3.63) is 30.7 Å². The van der Waals surface area contributed by atoms with Crippen molar-refractivity contribution < 1.29 is 4.42 Å². The van der Waals surface area contributed by atoms with Crippen molar-refractivity contribution in [1.82, 2.24) is 4.98 Å². The Balaban J connectivity index is 2.95. The highest BCUT2D eigenvalue weighted by Gasteiger charge is 1.92. The minimum absolute atomic E-state index is 0.664. The van der Waals surface area contributed by atoms with Crippen LogP contribution in [0.1, 0.15) is 0 Å². The molecule has 2 radical (unpaired) electrons. The zero-order valence-corrected chi connectivity index (χ0v) is 4.59. The molecule has 0 saturated heterocycles. The molecule has 0 amide bonds. The van der Waals surface area contributed by atoms with E-state index in [0.29, 0.717) is 5.58 Å². The second kappa shape index (κ2) is 1.58. The molecule has 0 fully saturated rings. The van der Waals surface area contributed by atoms with E-state index in [2.05, 4.69) is 17.1 Å². The summed E-state index contributed by atoms with van der Waals surface area (Å²) >= 11 is 0. The van der Waals surface area contributed by atoms with Gasteiger partial charge in [-0.2, -0.15) is 0 Å². The molecule has 0 N–H and O–H groups in total. The molecule has 0 atom stereocenters. The van der Waals surface area contributed by atoms with Crippen molar-refractivity contribution in [2.24, 2.45) is 0 Å². The molecule has 2 heteroatoms. The Morgan fingerprint density at radius 3 is 3.11 bits per heavy atom. The van der Waals surface area contributed by atoms with Crippen molar-refractivity contribution in [2.45, 2.75) is 0 Å². The Morgan fingerprint density at radius 1 is 1.33 bits per heavy atom. The van der Waals surface area contributed by atoms with Gasteiger partial charge in [0.2, 0.25) is 0 Å². The van der Waals surface area contributed by atoms with Crippen molar-refractivity contribution in [1.29, 1.82) is 0 Å². The van der Waals surface area contributed by atoms with E-state index in [9.17, 15) is 0 Å². The maximum Gasteiger partial charge on any atom is 0.182 e. The van der Waals surface area contributed by atoms with Crippen LogP contribution < -0.4 is 0 Å². The fourth-order valence-corrected chi connectivity index (χ4v) is 0.689. The monoisotopic (exact) mass is 117 g/mol. The second-order valence-electron chi connectivity index (χ2n) is 1.65. The first kappa shape index (κ1) is 4.56. The lowest BCUT2D eigenvalue weighted by atomic mass is 10.3. The molecule has 9 heavy (non-hydrogen) atoms. The number of nitrogens with zero attached hydrogens (tertiary/aromatic N) is 1. The molecule has 0 saturated carbocycles. The summed E-state index contributed by atoms with van der Waals surface area (Å²) in [6.45, 7) is 0. The first-order chi connectivity index (χ1) is 4.47. The van der Waals surface area contributed by atoms with Crippen LogP contribution in [-0.2, 0) is 0 Å². The quantitative estimate of drug-likeness (QED) is 0.521. The zero-order valence-electron chi connectivity index (χ0n) is 4.59. The van der Waals surface area contributed by atoms with Gasteiger partial charge in [0.05, 0.1) is 0 Å². The van der Waals surface area contributed by atoms with E-state index in [1.807, 2.05) is 0 Å². The summed E-state index contributed by atoms with van der Waals surface area (Å²) in [7, 11) is 0. The van der Waals surface area contributed by atoms with E-state index >= 15 is 0 Å². The maximum atomic E-state index is 4.92. The molecule has 1 aromatic carbocycles. The van der Waals surface area contributed by atoms with Gasteiger partial charge in [-0.15, -0.1) is 0 Å². The summed E-state index contributed by atoms with van der Waals surface area (Å²) in [5, 5.41) is 0. The standard InChI is InChI=1S/C7H3NO/c1-2-4-7-6(3-1)8-5-9-7/h1-2,5H. The van der Waals surface area contributed by atoms with Crippen LogP contribution >= 0.6 is 0 Å². The average Bonchev–Trinajstić information content (AvgIpc) is 2.33. The van der Waals surface area contributed by atoms with Crippen LogP contribution in [0, 0.1) is 12.1 Å². The first-order valence-electron chi connectivity index (χ1n) is 2.58. The van der Waals surface area contributed by atoms with Gasteiger partial charge in [-0.25, -0.2) is 4.98 Å². The highest BCUT2D eigenvalue weighted by Crippen LogP contribution is 2.07. The number of hydrogen-bond donors (Lipinski definition) is 0. The number of oxazole rings is 1. The van der Waals surface area contributed by atoms with E-state index in [1.165, 1.54) is 6.39 Å². The van der Waals surface area contributed by atoms with Crippen LogP contribution in [-0.4, -0.2) is 4.98 Å². The Labute approximate surface area is 52.1 Å². The van der Waals surface area contributed by atoms with Gasteiger partial charge < -0.3 is 4.42 Å². The summed E-state index contributed by atoms with van der Waals surface area (Å²) in [6, 6.07) is 9.26. The van der Waals surface area contributed by atoms with Gasteiger partial charge in [0.15, 0.2) is 12.0 Å². The van der Waals surface area contributed by atoms with E-state index in [4.69, 9.17) is 4.42 Å². The highest BCUT2D eigenvalue weighted by atomic mass is 16.3. The predicted octanol–water partition coefficient (Wildman–Crippen LogP) is 1.43. The summed E-state index contributed by atoms with van der Waals surface area (Å²) < 4.78 is 4.92. The summed E-state index contributed by atoms with van der Waals surface area (Å²) in [5.41, 5.74) is 1.40. The normalized spacial score (nSPS) is 10.2. The van der Waals surface area contributed by atoms with Crippen LogP contribution in [0.3, 0.4) is 0 Å². The summed E-state index contributed by atoms with van der Waals surface area (Å²) in [6.07, 6.45) is 1.39. The Bertz CT molecular complexity index is 283. The molecular formula is C7H3NO. The molecule has 0 aliphatic rings. The smallest absolute Gasteiger partial charge is 0.182 e. The maximum absolute atomic E-state index is 4.92. The Kier molecular flexibility index (Phi) is 0.803. The third-order valence-electron chi connectivity index (χ3n) is 1.09. The first-order valence-corrected chi connectivity index (χ1v) is 2.58. The van der Waals surface area contributed by atoms with Crippen molar-refractivity contribution >= 4 is 11.1 Å². The molecule has 0 aliphatic heterocycles. The van der Waals surface area contributed by atoms with Crippen LogP contribution in [0.5, 0.6) is 0 Å². The zero-order chi connectivity index (χ0) is 6.10. The van der Waals surface area contributed by atoms with E-state index in [0.717, 1.165) is 5.52 Å². The van der Waals surface area contributed by atoms with E-state index < -0.39 is 0 Å². The highest BCUT2D eigenvalue weighted by molar-refractivity contribution is 5.69. The lowest BCUT2D eigenvalue weighted by molar-refractivity contribution is 0.601. The molecule has 42 valence electrons. The molecule has 0 unspecified atom stereocenters. The molecule has 1 aromatic heterocycles. The average molecular weight is 117 g/mol. The largest absolute Gasteiger partial charge is 0.443 e. The molecule has 2 aromatic rings. The van der Waals surface area contributed by atoms with Crippen LogP contribution in [0.2, 0.25) is 0 Å². The molecule has 0 spiro atoms. The van der Waals surface area contributed by atoms with Gasteiger partial charge in [0, 0.05) is 12.1 Å². The summed E-state index contributed by atoms with van der Waals surface area (Å²) in [5.74, 6) is 0. The van der Waals surface area contributed by atoms with Crippen LogP contribution in [0.4, 0.5) is 0 Å². The fraction of sp³-hybridized carbons (Fsp3) is 0.